The standard InChI is InChI=1S/C16H20F6O/c1-10-7-6-8-11(2)12(10)9-23-14(13(3,4)5,15(17,18)19)16(20,21)22/h6-8H,9H2,1-5H3. The maximum absolute atomic E-state index is 13.4. The summed E-state index contributed by atoms with van der Waals surface area (Å²) in [6.45, 7) is 5.09. The molecule has 0 atom stereocenters. The maximum atomic E-state index is 13.4. The van der Waals surface area contributed by atoms with Crippen molar-refractivity contribution in [2.24, 2.45) is 5.41 Å². The molecule has 0 aromatic heterocycles. The van der Waals surface area contributed by atoms with Gasteiger partial charge in [-0.15, -0.1) is 0 Å². The van der Waals surface area contributed by atoms with Crippen LogP contribution in [-0.2, 0) is 11.3 Å². The number of hydrogen-bond donors (Lipinski definition) is 0. The third kappa shape index (κ3) is 3.49. The van der Waals surface area contributed by atoms with Gasteiger partial charge in [-0.05, 0) is 30.5 Å². The monoisotopic (exact) mass is 342 g/mol. The fourth-order valence-electron chi connectivity index (χ4n) is 2.65. The van der Waals surface area contributed by atoms with Crippen LogP contribution >= 0.6 is 0 Å². The van der Waals surface area contributed by atoms with Crippen LogP contribution in [0.3, 0.4) is 0 Å². The molecule has 0 unspecified atom stereocenters. The molecule has 0 heterocycles. The van der Waals surface area contributed by atoms with Crippen LogP contribution < -0.4 is 0 Å². The topological polar surface area (TPSA) is 9.23 Å². The van der Waals surface area contributed by atoms with Gasteiger partial charge in [-0.2, -0.15) is 26.3 Å². The highest BCUT2D eigenvalue weighted by Crippen LogP contribution is 2.55. The molecule has 0 aliphatic carbocycles. The molecule has 0 bridgehead atoms. The van der Waals surface area contributed by atoms with E-state index in [1.807, 2.05) is 0 Å². The summed E-state index contributed by atoms with van der Waals surface area (Å²) in [7, 11) is 0. The average Bonchev–Trinajstić information content (AvgIpc) is 2.27. The van der Waals surface area contributed by atoms with Gasteiger partial charge < -0.3 is 4.74 Å². The van der Waals surface area contributed by atoms with Gasteiger partial charge in [0.1, 0.15) is 0 Å². The van der Waals surface area contributed by atoms with E-state index in [9.17, 15) is 26.3 Å². The molecule has 1 aromatic rings. The third-order valence-corrected chi connectivity index (χ3v) is 3.93. The molecule has 23 heavy (non-hydrogen) atoms. The Labute approximate surface area is 131 Å². The molecule has 0 saturated heterocycles. The van der Waals surface area contributed by atoms with Gasteiger partial charge in [-0.25, -0.2) is 0 Å². The average molecular weight is 342 g/mol. The first-order valence-electron chi connectivity index (χ1n) is 6.97. The summed E-state index contributed by atoms with van der Waals surface area (Å²) in [5.74, 6) is 0. The Kier molecular flexibility index (Phi) is 5.17. The van der Waals surface area contributed by atoms with Crippen LogP contribution in [0.15, 0.2) is 18.2 Å². The summed E-state index contributed by atoms with van der Waals surface area (Å²) in [6, 6.07) is 4.91. The molecule has 0 radical (unpaired) electrons. The van der Waals surface area contributed by atoms with Crippen molar-refractivity contribution in [3.8, 4) is 0 Å². The van der Waals surface area contributed by atoms with Crippen LogP contribution in [0, 0.1) is 19.3 Å². The van der Waals surface area contributed by atoms with E-state index < -0.39 is 30.0 Å². The van der Waals surface area contributed by atoms with Gasteiger partial charge >= 0.3 is 12.4 Å². The summed E-state index contributed by atoms with van der Waals surface area (Å²) in [4.78, 5) is 0. The first-order chi connectivity index (χ1) is 10.1. The highest BCUT2D eigenvalue weighted by molar-refractivity contribution is 5.33. The number of benzene rings is 1. The second-order valence-corrected chi connectivity index (χ2v) is 6.59. The van der Waals surface area contributed by atoms with E-state index in [2.05, 4.69) is 4.74 Å². The van der Waals surface area contributed by atoms with Crippen LogP contribution in [0.5, 0.6) is 0 Å². The van der Waals surface area contributed by atoms with Gasteiger partial charge in [-0.3, -0.25) is 0 Å². The lowest BCUT2D eigenvalue weighted by molar-refractivity contribution is -0.413. The Bertz CT molecular complexity index is 495. The largest absolute Gasteiger partial charge is 0.427 e. The molecule has 0 N–H and O–H groups in total. The summed E-state index contributed by atoms with van der Waals surface area (Å²) < 4.78 is 85.2. The number of ether oxygens (including phenoxy) is 1. The Morgan fingerprint density at radius 1 is 0.826 bits per heavy atom. The molecule has 0 aliphatic rings. The van der Waals surface area contributed by atoms with Crippen molar-refractivity contribution in [2.75, 3.05) is 0 Å². The lowest BCUT2D eigenvalue weighted by Gasteiger charge is -2.46. The van der Waals surface area contributed by atoms with Crippen molar-refractivity contribution in [3.05, 3.63) is 34.9 Å². The molecule has 1 rings (SSSR count). The highest BCUT2D eigenvalue weighted by Gasteiger charge is 2.77. The molecule has 0 saturated carbocycles. The van der Waals surface area contributed by atoms with E-state index >= 15 is 0 Å². The van der Waals surface area contributed by atoms with Crippen molar-refractivity contribution < 1.29 is 31.1 Å². The maximum Gasteiger partial charge on any atom is 0.427 e. The summed E-state index contributed by atoms with van der Waals surface area (Å²) in [5, 5.41) is 0. The van der Waals surface area contributed by atoms with Crippen LogP contribution in [0.25, 0.3) is 0 Å². The van der Waals surface area contributed by atoms with Gasteiger partial charge in [0.25, 0.3) is 5.60 Å². The molecule has 1 aromatic carbocycles. The second-order valence-electron chi connectivity index (χ2n) is 6.59. The first-order valence-corrected chi connectivity index (χ1v) is 6.97. The Morgan fingerprint density at radius 2 is 1.22 bits per heavy atom. The minimum atomic E-state index is -5.60. The number of halogens is 6. The van der Waals surface area contributed by atoms with Gasteiger partial charge in [0.2, 0.25) is 0 Å². The molecular weight excluding hydrogens is 322 g/mol. The molecule has 0 amide bonds. The van der Waals surface area contributed by atoms with Gasteiger partial charge in [0.05, 0.1) is 6.61 Å². The predicted octanol–water partition coefficient (Wildman–Crippen LogP) is 5.73. The van der Waals surface area contributed by atoms with Crippen molar-refractivity contribution in [1.82, 2.24) is 0 Å². The fraction of sp³-hybridized carbons (Fsp3) is 0.625. The number of hydrogen-bond acceptors (Lipinski definition) is 1. The van der Waals surface area contributed by atoms with Crippen LogP contribution in [0.1, 0.15) is 37.5 Å². The van der Waals surface area contributed by atoms with Gasteiger partial charge in [-0.1, -0.05) is 39.0 Å². The van der Waals surface area contributed by atoms with E-state index in [0.717, 1.165) is 20.8 Å². The van der Waals surface area contributed by atoms with Crippen molar-refractivity contribution in [3.63, 3.8) is 0 Å². The molecule has 7 heteroatoms. The van der Waals surface area contributed by atoms with Crippen molar-refractivity contribution >= 4 is 0 Å². The van der Waals surface area contributed by atoms with E-state index in [1.165, 1.54) is 0 Å². The van der Waals surface area contributed by atoms with Crippen molar-refractivity contribution in [2.45, 2.75) is 59.2 Å². The van der Waals surface area contributed by atoms with Crippen LogP contribution in [0.2, 0.25) is 0 Å². The Hall–Kier alpha value is -1.24. The number of rotatable bonds is 3. The van der Waals surface area contributed by atoms with Crippen LogP contribution in [-0.4, -0.2) is 18.0 Å². The lowest BCUT2D eigenvalue weighted by atomic mass is 9.75. The fourth-order valence-corrected chi connectivity index (χ4v) is 2.65. The number of aryl methyl sites for hydroxylation is 2. The smallest absolute Gasteiger partial charge is 0.353 e. The second kappa shape index (κ2) is 6.00. The highest BCUT2D eigenvalue weighted by atomic mass is 19.4. The quantitative estimate of drug-likeness (QED) is 0.638. The minimum absolute atomic E-state index is 0.328. The lowest BCUT2D eigenvalue weighted by Crippen LogP contribution is -2.66. The minimum Gasteiger partial charge on any atom is -0.353 e. The molecular formula is C16H20F6O. The van der Waals surface area contributed by atoms with E-state index in [4.69, 9.17) is 0 Å². The zero-order valence-corrected chi connectivity index (χ0v) is 13.6. The third-order valence-electron chi connectivity index (χ3n) is 3.93. The SMILES string of the molecule is Cc1cccc(C)c1COC(C(C)(C)C)(C(F)(F)F)C(F)(F)F. The first kappa shape index (κ1) is 19.8. The molecule has 0 fully saturated rings. The van der Waals surface area contributed by atoms with Gasteiger partial charge in [0, 0.05) is 5.41 Å². The molecule has 0 spiro atoms. The van der Waals surface area contributed by atoms with Crippen molar-refractivity contribution in [1.29, 1.82) is 0 Å². The Balaban J connectivity index is 3.38. The molecule has 132 valence electrons. The Morgan fingerprint density at radius 3 is 1.52 bits per heavy atom. The number of alkyl halides is 6. The predicted molar refractivity (Wildman–Crippen MR) is 75.0 cm³/mol. The van der Waals surface area contributed by atoms with E-state index in [0.29, 0.717) is 16.7 Å². The normalized spacial score (nSPS) is 14.2. The van der Waals surface area contributed by atoms with E-state index in [-0.39, 0.29) is 0 Å². The summed E-state index contributed by atoms with van der Waals surface area (Å²) in [6.07, 6.45) is -11.2. The molecule has 1 nitrogen and oxygen atoms in total. The van der Waals surface area contributed by atoms with Gasteiger partial charge in [0.15, 0.2) is 0 Å². The molecule has 0 aliphatic heterocycles. The summed E-state index contributed by atoms with van der Waals surface area (Å²) in [5.41, 5.74) is -4.98. The van der Waals surface area contributed by atoms with Crippen LogP contribution in [0.4, 0.5) is 26.3 Å². The zero-order chi connectivity index (χ0) is 18.3. The summed E-state index contributed by atoms with van der Waals surface area (Å²) >= 11 is 0. The van der Waals surface area contributed by atoms with E-state index in [1.54, 1.807) is 32.0 Å². The zero-order valence-electron chi connectivity index (χ0n) is 13.6.